The van der Waals surface area contributed by atoms with Crippen LogP contribution in [0.4, 0.5) is 0 Å². The highest BCUT2D eigenvalue weighted by molar-refractivity contribution is 5.78. The van der Waals surface area contributed by atoms with Crippen LogP contribution in [0.5, 0.6) is 0 Å². The second-order valence-corrected chi connectivity index (χ2v) is 6.96. The van der Waals surface area contributed by atoms with E-state index in [0.717, 1.165) is 25.6 Å². The van der Waals surface area contributed by atoms with Crippen LogP contribution in [0, 0.1) is 5.92 Å². The van der Waals surface area contributed by atoms with Gasteiger partial charge in [0.15, 0.2) is 0 Å². The van der Waals surface area contributed by atoms with Crippen molar-refractivity contribution in [3.05, 3.63) is 0 Å². The molecular formula is C16H33N3O2. The number of rotatable bonds is 8. The van der Waals surface area contributed by atoms with Gasteiger partial charge in [-0.15, -0.1) is 0 Å². The molecule has 2 atom stereocenters. The lowest BCUT2D eigenvalue weighted by molar-refractivity contribution is -0.145. The van der Waals surface area contributed by atoms with Crippen LogP contribution < -0.4 is 5.32 Å². The molecule has 1 rings (SSSR count). The van der Waals surface area contributed by atoms with Crippen molar-refractivity contribution in [1.29, 1.82) is 0 Å². The minimum Gasteiger partial charge on any atom is -0.480 e. The first-order valence-corrected chi connectivity index (χ1v) is 8.15. The van der Waals surface area contributed by atoms with Crippen molar-refractivity contribution in [1.82, 2.24) is 15.1 Å². The third-order valence-electron chi connectivity index (χ3n) is 4.64. The van der Waals surface area contributed by atoms with E-state index in [4.69, 9.17) is 0 Å². The molecule has 1 fully saturated rings. The fourth-order valence-electron chi connectivity index (χ4n) is 3.44. The van der Waals surface area contributed by atoms with Crippen molar-refractivity contribution < 1.29 is 9.90 Å². The Kier molecular flexibility index (Phi) is 7.10. The quantitative estimate of drug-likeness (QED) is 0.711. The maximum absolute atomic E-state index is 11.5. The molecule has 0 aromatic heterocycles. The van der Waals surface area contributed by atoms with Gasteiger partial charge in [0.25, 0.3) is 0 Å². The Morgan fingerprint density at radius 1 is 1.43 bits per heavy atom. The minimum absolute atomic E-state index is 0.297. The summed E-state index contributed by atoms with van der Waals surface area (Å²) >= 11 is 0. The standard InChI is InChI=1S/C16H33N3O2/c1-6-17-16(3,15(20)21)11-13(2)19-9-7-14(8-10-19)12-18(4)5/h13-14,17H,6-12H2,1-5H3,(H,20,21). The van der Waals surface area contributed by atoms with Crippen molar-refractivity contribution in [3.8, 4) is 0 Å². The summed E-state index contributed by atoms with van der Waals surface area (Å²) in [6.07, 6.45) is 3.08. The van der Waals surface area contributed by atoms with Gasteiger partial charge in [-0.05, 0) is 72.8 Å². The molecule has 5 heteroatoms. The van der Waals surface area contributed by atoms with E-state index in [9.17, 15) is 9.90 Å². The number of carbonyl (C=O) groups is 1. The molecule has 2 N–H and O–H groups in total. The lowest BCUT2D eigenvalue weighted by Crippen LogP contribution is -2.54. The summed E-state index contributed by atoms with van der Waals surface area (Å²) in [6, 6.07) is 0.297. The van der Waals surface area contributed by atoms with Crippen molar-refractivity contribution in [2.75, 3.05) is 40.3 Å². The number of likely N-dealkylation sites (N-methyl/N-ethyl adjacent to an activating group) is 1. The molecule has 1 heterocycles. The second kappa shape index (κ2) is 8.11. The summed E-state index contributed by atoms with van der Waals surface area (Å²) in [5, 5.41) is 12.6. The Morgan fingerprint density at radius 2 is 2.00 bits per heavy atom. The molecule has 1 aliphatic rings. The summed E-state index contributed by atoms with van der Waals surface area (Å²) < 4.78 is 0. The normalized spacial score (nSPS) is 22.2. The van der Waals surface area contributed by atoms with Gasteiger partial charge in [0.05, 0.1) is 0 Å². The van der Waals surface area contributed by atoms with Crippen LogP contribution in [0.15, 0.2) is 0 Å². The molecule has 5 nitrogen and oxygen atoms in total. The predicted molar refractivity (Wildman–Crippen MR) is 86.6 cm³/mol. The van der Waals surface area contributed by atoms with Crippen LogP contribution in [0.2, 0.25) is 0 Å². The molecule has 0 aliphatic carbocycles. The van der Waals surface area contributed by atoms with Crippen molar-refractivity contribution in [2.45, 2.75) is 51.6 Å². The van der Waals surface area contributed by atoms with Crippen molar-refractivity contribution in [3.63, 3.8) is 0 Å². The van der Waals surface area contributed by atoms with Crippen LogP contribution in [0.1, 0.15) is 40.0 Å². The molecule has 124 valence electrons. The molecule has 0 saturated carbocycles. The van der Waals surface area contributed by atoms with E-state index in [0.29, 0.717) is 19.0 Å². The van der Waals surface area contributed by atoms with E-state index in [1.807, 2.05) is 6.92 Å². The number of hydrogen-bond donors (Lipinski definition) is 2. The predicted octanol–water partition coefficient (Wildman–Crippen LogP) is 1.49. The first kappa shape index (κ1) is 18.4. The SMILES string of the molecule is CCNC(C)(CC(C)N1CCC(CN(C)C)CC1)C(=O)O. The molecule has 0 aromatic rings. The molecule has 0 aromatic carbocycles. The fraction of sp³-hybridized carbons (Fsp3) is 0.938. The average molecular weight is 299 g/mol. The summed E-state index contributed by atoms with van der Waals surface area (Å²) in [4.78, 5) is 16.2. The van der Waals surface area contributed by atoms with Gasteiger partial charge in [-0.3, -0.25) is 4.79 Å². The number of carboxylic acid groups (broad SMARTS) is 1. The zero-order chi connectivity index (χ0) is 16.0. The number of nitrogens with zero attached hydrogens (tertiary/aromatic N) is 2. The van der Waals surface area contributed by atoms with Crippen LogP contribution in [0.3, 0.4) is 0 Å². The average Bonchev–Trinajstić information content (AvgIpc) is 2.38. The molecular weight excluding hydrogens is 266 g/mol. The second-order valence-electron chi connectivity index (χ2n) is 6.96. The highest BCUT2D eigenvalue weighted by atomic mass is 16.4. The molecule has 1 saturated heterocycles. The summed E-state index contributed by atoms with van der Waals surface area (Å²) in [7, 11) is 4.26. The Morgan fingerprint density at radius 3 is 2.43 bits per heavy atom. The van der Waals surface area contributed by atoms with Gasteiger partial charge in [0.2, 0.25) is 0 Å². The minimum atomic E-state index is -0.825. The third-order valence-corrected chi connectivity index (χ3v) is 4.64. The molecule has 0 radical (unpaired) electrons. The highest BCUT2D eigenvalue weighted by Crippen LogP contribution is 2.23. The van der Waals surface area contributed by atoms with E-state index in [1.54, 1.807) is 6.92 Å². The molecule has 0 spiro atoms. The maximum Gasteiger partial charge on any atom is 0.323 e. The Bertz CT molecular complexity index is 327. The van der Waals surface area contributed by atoms with Gasteiger partial charge >= 0.3 is 5.97 Å². The van der Waals surface area contributed by atoms with Crippen LogP contribution in [0.25, 0.3) is 0 Å². The lowest BCUT2D eigenvalue weighted by Gasteiger charge is -2.39. The van der Waals surface area contributed by atoms with Gasteiger partial charge in [0.1, 0.15) is 5.54 Å². The largest absolute Gasteiger partial charge is 0.480 e. The van der Waals surface area contributed by atoms with Crippen molar-refractivity contribution in [2.24, 2.45) is 5.92 Å². The first-order valence-electron chi connectivity index (χ1n) is 8.15. The van der Waals surface area contributed by atoms with Crippen LogP contribution in [-0.4, -0.2) is 72.7 Å². The van der Waals surface area contributed by atoms with Crippen molar-refractivity contribution >= 4 is 5.97 Å². The Labute approximate surface area is 129 Å². The van der Waals surface area contributed by atoms with E-state index in [-0.39, 0.29) is 0 Å². The monoisotopic (exact) mass is 299 g/mol. The van der Waals surface area contributed by atoms with E-state index < -0.39 is 11.5 Å². The van der Waals surface area contributed by atoms with Crippen LogP contribution in [-0.2, 0) is 4.79 Å². The topological polar surface area (TPSA) is 55.8 Å². The number of nitrogens with one attached hydrogen (secondary N) is 1. The van der Waals surface area contributed by atoms with Gasteiger partial charge in [-0.1, -0.05) is 6.92 Å². The lowest BCUT2D eigenvalue weighted by atomic mass is 9.90. The molecule has 0 amide bonds. The van der Waals surface area contributed by atoms with Gasteiger partial charge in [-0.2, -0.15) is 0 Å². The molecule has 21 heavy (non-hydrogen) atoms. The highest BCUT2D eigenvalue weighted by Gasteiger charge is 2.36. The van der Waals surface area contributed by atoms with Gasteiger partial charge in [-0.25, -0.2) is 0 Å². The molecule has 1 aliphatic heterocycles. The Balaban J connectivity index is 2.49. The fourth-order valence-corrected chi connectivity index (χ4v) is 3.44. The van der Waals surface area contributed by atoms with E-state index in [2.05, 4.69) is 36.1 Å². The summed E-state index contributed by atoms with van der Waals surface area (Å²) in [5.74, 6) is 0.0294. The zero-order valence-electron chi connectivity index (χ0n) is 14.4. The maximum atomic E-state index is 11.5. The third kappa shape index (κ3) is 5.57. The molecule has 0 bridgehead atoms. The number of carboxylic acids is 1. The van der Waals surface area contributed by atoms with Gasteiger partial charge in [0, 0.05) is 12.6 Å². The van der Waals surface area contributed by atoms with Gasteiger partial charge < -0.3 is 20.2 Å². The number of hydrogen-bond acceptors (Lipinski definition) is 4. The summed E-state index contributed by atoms with van der Waals surface area (Å²) in [6.45, 7) is 9.92. The first-order chi connectivity index (χ1) is 9.78. The number of likely N-dealkylation sites (tertiary alicyclic amines) is 1. The Hall–Kier alpha value is -0.650. The van der Waals surface area contributed by atoms with E-state index >= 15 is 0 Å². The number of aliphatic carboxylic acids is 1. The summed E-state index contributed by atoms with van der Waals surface area (Å²) in [5.41, 5.74) is -0.825. The zero-order valence-corrected chi connectivity index (χ0v) is 14.4. The number of piperidine rings is 1. The van der Waals surface area contributed by atoms with Crippen LogP contribution >= 0.6 is 0 Å². The molecule has 2 unspecified atom stereocenters. The van der Waals surface area contributed by atoms with E-state index in [1.165, 1.54) is 12.8 Å². The smallest absolute Gasteiger partial charge is 0.323 e.